The van der Waals surface area contributed by atoms with E-state index in [1.165, 1.54) is 17.5 Å². The summed E-state index contributed by atoms with van der Waals surface area (Å²) in [5, 5.41) is 11.8. The van der Waals surface area contributed by atoms with Gasteiger partial charge in [-0.1, -0.05) is 38.0 Å². The molecule has 1 amide bonds. The van der Waals surface area contributed by atoms with E-state index in [2.05, 4.69) is 17.2 Å². The number of amides is 1. The molecule has 0 aliphatic carbocycles. The molecule has 4 nitrogen and oxygen atoms in total. The van der Waals surface area contributed by atoms with Crippen molar-refractivity contribution in [2.24, 2.45) is 5.92 Å². The van der Waals surface area contributed by atoms with Crippen molar-refractivity contribution in [1.82, 2.24) is 4.98 Å². The van der Waals surface area contributed by atoms with Crippen molar-refractivity contribution in [3.05, 3.63) is 11.1 Å². The number of hydrogen-bond donors (Lipinski definition) is 1. The summed E-state index contributed by atoms with van der Waals surface area (Å²) in [5.41, 5.74) is 0. The predicted molar refractivity (Wildman–Crippen MR) is 64.1 cm³/mol. The van der Waals surface area contributed by atoms with E-state index in [9.17, 15) is 4.79 Å². The van der Waals surface area contributed by atoms with Crippen molar-refractivity contribution in [2.75, 3.05) is 5.32 Å². The van der Waals surface area contributed by atoms with E-state index in [1.54, 1.807) is 0 Å². The molecule has 0 aliphatic heterocycles. The molecule has 1 aromatic rings. The molecule has 0 spiro atoms. The SMILES string of the molecule is CCCCC(C)C(=O)Nc1ncc(C#N)s1. The Morgan fingerprint density at radius 1 is 1.75 bits per heavy atom. The second kappa shape index (κ2) is 6.23. The van der Waals surface area contributed by atoms with E-state index in [1.807, 2.05) is 13.0 Å². The lowest BCUT2D eigenvalue weighted by Gasteiger charge is -2.09. The summed E-state index contributed by atoms with van der Waals surface area (Å²) in [6.45, 7) is 4.01. The molecule has 0 bridgehead atoms. The monoisotopic (exact) mass is 237 g/mol. The Balaban J connectivity index is 2.48. The molecule has 0 radical (unpaired) electrons. The molecule has 1 N–H and O–H groups in total. The molecule has 0 saturated carbocycles. The van der Waals surface area contributed by atoms with Gasteiger partial charge in [0, 0.05) is 5.92 Å². The van der Waals surface area contributed by atoms with Gasteiger partial charge >= 0.3 is 0 Å². The lowest BCUT2D eigenvalue weighted by Crippen LogP contribution is -2.20. The van der Waals surface area contributed by atoms with Crippen LogP contribution in [0, 0.1) is 17.2 Å². The quantitative estimate of drug-likeness (QED) is 0.856. The van der Waals surface area contributed by atoms with Crippen molar-refractivity contribution in [1.29, 1.82) is 5.26 Å². The number of aromatic nitrogens is 1. The van der Waals surface area contributed by atoms with Gasteiger partial charge in [-0.2, -0.15) is 5.26 Å². The third-order valence-corrected chi connectivity index (χ3v) is 3.10. The van der Waals surface area contributed by atoms with Gasteiger partial charge < -0.3 is 5.32 Å². The number of rotatable bonds is 5. The van der Waals surface area contributed by atoms with Gasteiger partial charge in [0.1, 0.15) is 10.9 Å². The van der Waals surface area contributed by atoms with Crippen LogP contribution in [0.25, 0.3) is 0 Å². The molecule has 1 unspecified atom stereocenters. The number of carbonyl (C=O) groups is 1. The zero-order valence-corrected chi connectivity index (χ0v) is 10.3. The lowest BCUT2D eigenvalue weighted by molar-refractivity contribution is -0.119. The van der Waals surface area contributed by atoms with Gasteiger partial charge in [0.15, 0.2) is 5.13 Å². The number of hydrogen-bond acceptors (Lipinski definition) is 4. The molecule has 0 fully saturated rings. The van der Waals surface area contributed by atoms with Crippen molar-refractivity contribution in [2.45, 2.75) is 33.1 Å². The van der Waals surface area contributed by atoms with Crippen LogP contribution < -0.4 is 5.32 Å². The highest BCUT2D eigenvalue weighted by Gasteiger charge is 2.13. The molecule has 0 aliphatic rings. The van der Waals surface area contributed by atoms with E-state index >= 15 is 0 Å². The van der Waals surface area contributed by atoms with Crippen LogP contribution in [0.2, 0.25) is 0 Å². The summed E-state index contributed by atoms with van der Waals surface area (Å²) < 4.78 is 0. The number of anilines is 1. The van der Waals surface area contributed by atoms with Crippen LogP contribution in [-0.2, 0) is 4.79 Å². The van der Waals surface area contributed by atoms with E-state index in [0.29, 0.717) is 10.0 Å². The van der Waals surface area contributed by atoms with Gasteiger partial charge in [-0.15, -0.1) is 0 Å². The molecular formula is C11H15N3OS. The van der Waals surface area contributed by atoms with E-state index in [0.717, 1.165) is 19.3 Å². The highest BCUT2D eigenvalue weighted by Crippen LogP contribution is 2.18. The molecular weight excluding hydrogens is 222 g/mol. The van der Waals surface area contributed by atoms with Crippen molar-refractivity contribution < 1.29 is 4.79 Å². The summed E-state index contributed by atoms with van der Waals surface area (Å²) in [5.74, 6) is -0.0262. The maximum Gasteiger partial charge on any atom is 0.228 e. The second-order valence-electron chi connectivity index (χ2n) is 3.67. The van der Waals surface area contributed by atoms with Gasteiger partial charge in [0.25, 0.3) is 0 Å². The minimum absolute atomic E-state index is 0.00520. The molecule has 1 aromatic heterocycles. The summed E-state index contributed by atoms with van der Waals surface area (Å²) in [6, 6.07) is 1.99. The standard InChI is InChI=1S/C11H15N3OS/c1-3-4-5-8(2)10(15)14-11-13-7-9(6-12)16-11/h7-8H,3-5H2,1-2H3,(H,13,14,15). The molecule has 1 heterocycles. The van der Waals surface area contributed by atoms with Gasteiger partial charge in [-0.05, 0) is 6.42 Å². The molecule has 16 heavy (non-hydrogen) atoms. The molecule has 0 aromatic carbocycles. The molecule has 5 heteroatoms. The summed E-state index contributed by atoms with van der Waals surface area (Å²) in [6.07, 6.45) is 4.50. The van der Waals surface area contributed by atoms with Crippen molar-refractivity contribution >= 4 is 22.4 Å². The Labute approximate surface area is 99.3 Å². The van der Waals surface area contributed by atoms with Crippen LogP contribution in [0.4, 0.5) is 5.13 Å². The Kier molecular flexibility index (Phi) is 4.93. The fourth-order valence-corrected chi connectivity index (χ4v) is 1.87. The van der Waals surface area contributed by atoms with Crippen LogP contribution in [0.1, 0.15) is 38.0 Å². The third kappa shape index (κ3) is 3.63. The number of thiazole rings is 1. The normalized spacial score (nSPS) is 11.8. The number of nitrogens with one attached hydrogen (secondary N) is 1. The van der Waals surface area contributed by atoms with E-state index < -0.39 is 0 Å². The summed E-state index contributed by atoms with van der Waals surface area (Å²) in [4.78, 5) is 16.2. The summed E-state index contributed by atoms with van der Waals surface area (Å²) in [7, 11) is 0. The van der Waals surface area contributed by atoms with Gasteiger partial charge in [-0.3, -0.25) is 4.79 Å². The zero-order valence-electron chi connectivity index (χ0n) is 9.49. The first-order chi connectivity index (χ1) is 7.67. The first kappa shape index (κ1) is 12.7. The van der Waals surface area contributed by atoms with Crippen LogP contribution in [0.15, 0.2) is 6.20 Å². The fraction of sp³-hybridized carbons (Fsp3) is 0.545. The second-order valence-corrected chi connectivity index (χ2v) is 4.70. The Morgan fingerprint density at radius 3 is 3.06 bits per heavy atom. The number of unbranched alkanes of at least 4 members (excludes halogenated alkanes) is 1. The predicted octanol–water partition coefficient (Wildman–Crippen LogP) is 2.78. The van der Waals surface area contributed by atoms with Gasteiger partial charge in [0.05, 0.1) is 6.20 Å². The third-order valence-electron chi connectivity index (χ3n) is 2.28. The fourth-order valence-electron chi connectivity index (χ4n) is 1.25. The zero-order chi connectivity index (χ0) is 12.0. The number of nitriles is 1. The van der Waals surface area contributed by atoms with E-state index in [4.69, 9.17) is 5.26 Å². The van der Waals surface area contributed by atoms with Crippen LogP contribution in [-0.4, -0.2) is 10.9 Å². The maximum atomic E-state index is 11.7. The lowest BCUT2D eigenvalue weighted by atomic mass is 10.0. The molecule has 0 saturated heterocycles. The van der Waals surface area contributed by atoms with Gasteiger partial charge in [0.2, 0.25) is 5.91 Å². The Morgan fingerprint density at radius 2 is 2.50 bits per heavy atom. The van der Waals surface area contributed by atoms with Crippen molar-refractivity contribution in [3.63, 3.8) is 0 Å². The van der Waals surface area contributed by atoms with Crippen LogP contribution >= 0.6 is 11.3 Å². The maximum absolute atomic E-state index is 11.7. The Bertz CT molecular complexity index is 394. The summed E-state index contributed by atoms with van der Waals surface area (Å²) >= 11 is 1.20. The number of nitrogens with zero attached hydrogens (tertiary/aromatic N) is 2. The molecule has 1 rings (SSSR count). The smallest absolute Gasteiger partial charge is 0.228 e. The molecule has 1 atom stereocenters. The van der Waals surface area contributed by atoms with Crippen molar-refractivity contribution in [3.8, 4) is 6.07 Å². The van der Waals surface area contributed by atoms with Crippen LogP contribution in [0.3, 0.4) is 0 Å². The van der Waals surface area contributed by atoms with Gasteiger partial charge in [-0.25, -0.2) is 4.98 Å². The average Bonchev–Trinajstić information content (AvgIpc) is 2.73. The molecule has 86 valence electrons. The topological polar surface area (TPSA) is 65.8 Å². The van der Waals surface area contributed by atoms with Crippen LogP contribution in [0.5, 0.6) is 0 Å². The first-order valence-corrected chi connectivity index (χ1v) is 6.15. The van der Waals surface area contributed by atoms with E-state index in [-0.39, 0.29) is 11.8 Å². The minimum Gasteiger partial charge on any atom is -0.302 e. The highest BCUT2D eigenvalue weighted by molar-refractivity contribution is 7.16. The first-order valence-electron chi connectivity index (χ1n) is 5.34. The Hall–Kier alpha value is -1.41. The number of carbonyl (C=O) groups excluding carboxylic acids is 1. The highest BCUT2D eigenvalue weighted by atomic mass is 32.1. The average molecular weight is 237 g/mol. The largest absolute Gasteiger partial charge is 0.302 e. The minimum atomic E-state index is -0.0210.